The van der Waals surface area contributed by atoms with Crippen LogP contribution in [-0.2, 0) is 13.6 Å². The minimum Gasteiger partial charge on any atom is -0.357 e. The Bertz CT molecular complexity index is 384. The van der Waals surface area contributed by atoms with Crippen molar-refractivity contribution in [1.29, 1.82) is 0 Å². The zero-order valence-electron chi connectivity index (χ0n) is 13.1. The van der Waals surface area contributed by atoms with E-state index < -0.39 is 0 Å². The third-order valence-electron chi connectivity index (χ3n) is 5.23. The number of nitrogens with zero attached hydrogens (tertiary/aromatic N) is 1. The van der Waals surface area contributed by atoms with Crippen molar-refractivity contribution in [3.8, 4) is 0 Å². The highest BCUT2D eigenvalue weighted by Gasteiger charge is 2.31. The van der Waals surface area contributed by atoms with Crippen LogP contribution >= 0.6 is 0 Å². The molecule has 1 aromatic rings. The van der Waals surface area contributed by atoms with Gasteiger partial charge >= 0.3 is 0 Å². The molecule has 19 heavy (non-hydrogen) atoms. The highest BCUT2D eigenvalue weighted by molar-refractivity contribution is 5.09. The van der Waals surface area contributed by atoms with E-state index in [4.69, 9.17) is 0 Å². The number of aromatic nitrogens is 1. The SMILES string of the molecule is CCC(C)(C)C1CCC(NCc2ccn(C)c2)CC1. The second-order valence-corrected chi connectivity index (χ2v) is 6.96. The summed E-state index contributed by atoms with van der Waals surface area (Å²) >= 11 is 0. The molecule has 1 saturated carbocycles. The minimum absolute atomic E-state index is 0.532. The van der Waals surface area contributed by atoms with Crippen LogP contribution in [0.15, 0.2) is 18.5 Å². The molecule has 0 bridgehead atoms. The molecule has 1 fully saturated rings. The molecule has 0 amide bonds. The maximum atomic E-state index is 3.73. The number of nitrogens with one attached hydrogen (secondary N) is 1. The Morgan fingerprint density at radius 1 is 1.26 bits per heavy atom. The van der Waals surface area contributed by atoms with E-state index in [1.54, 1.807) is 0 Å². The molecule has 2 rings (SSSR count). The van der Waals surface area contributed by atoms with Crippen LogP contribution in [0.4, 0.5) is 0 Å². The van der Waals surface area contributed by atoms with E-state index in [1.165, 1.54) is 37.7 Å². The third kappa shape index (κ3) is 3.85. The molecule has 1 aliphatic rings. The van der Waals surface area contributed by atoms with Crippen molar-refractivity contribution in [3.63, 3.8) is 0 Å². The highest BCUT2D eigenvalue weighted by atomic mass is 14.9. The predicted molar refractivity (Wildman–Crippen MR) is 82.1 cm³/mol. The lowest BCUT2D eigenvalue weighted by Gasteiger charge is -2.39. The van der Waals surface area contributed by atoms with Crippen LogP contribution in [0.3, 0.4) is 0 Å². The summed E-state index contributed by atoms with van der Waals surface area (Å²) in [6, 6.07) is 2.93. The fourth-order valence-electron chi connectivity index (χ4n) is 3.30. The maximum absolute atomic E-state index is 3.73. The number of hydrogen-bond acceptors (Lipinski definition) is 1. The standard InChI is InChI=1S/C17H30N2/c1-5-17(2,3)15-6-8-16(9-7-15)18-12-14-10-11-19(4)13-14/h10-11,13,15-16,18H,5-9,12H2,1-4H3. The van der Waals surface area contributed by atoms with Crippen LogP contribution in [0.5, 0.6) is 0 Å². The molecular formula is C17H30N2. The van der Waals surface area contributed by atoms with E-state index in [2.05, 4.69) is 56.2 Å². The summed E-state index contributed by atoms with van der Waals surface area (Å²) in [6.45, 7) is 8.23. The predicted octanol–water partition coefficient (Wildman–Crippen LogP) is 4.11. The van der Waals surface area contributed by atoms with Crippen molar-refractivity contribution in [1.82, 2.24) is 9.88 Å². The number of hydrogen-bond donors (Lipinski definition) is 1. The molecule has 0 saturated heterocycles. The number of rotatable bonds is 5. The van der Waals surface area contributed by atoms with Crippen molar-refractivity contribution < 1.29 is 0 Å². The Hall–Kier alpha value is -0.760. The van der Waals surface area contributed by atoms with E-state index in [0.717, 1.165) is 18.5 Å². The van der Waals surface area contributed by atoms with Gasteiger partial charge in [0.25, 0.3) is 0 Å². The third-order valence-corrected chi connectivity index (χ3v) is 5.23. The monoisotopic (exact) mass is 262 g/mol. The Morgan fingerprint density at radius 3 is 2.47 bits per heavy atom. The minimum atomic E-state index is 0.532. The lowest BCUT2D eigenvalue weighted by atomic mass is 9.69. The van der Waals surface area contributed by atoms with Crippen LogP contribution in [0.1, 0.15) is 58.4 Å². The average molecular weight is 262 g/mol. The van der Waals surface area contributed by atoms with E-state index in [0.29, 0.717) is 5.41 Å². The van der Waals surface area contributed by atoms with Gasteiger partial charge < -0.3 is 9.88 Å². The Kier molecular flexibility index (Phi) is 4.72. The van der Waals surface area contributed by atoms with Crippen molar-refractivity contribution in [2.75, 3.05) is 0 Å². The van der Waals surface area contributed by atoms with Gasteiger partial charge in [0.15, 0.2) is 0 Å². The van der Waals surface area contributed by atoms with E-state index in [9.17, 15) is 0 Å². The molecule has 0 aromatic carbocycles. The molecule has 0 radical (unpaired) electrons. The van der Waals surface area contributed by atoms with Gasteiger partial charge in [-0.05, 0) is 48.6 Å². The van der Waals surface area contributed by atoms with Crippen LogP contribution in [0, 0.1) is 11.3 Å². The first-order valence-corrected chi connectivity index (χ1v) is 7.85. The summed E-state index contributed by atoms with van der Waals surface area (Å²) in [7, 11) is 2.08. The second-order valence-electron chi connectivity index (χ2n) is 6.96. The molecule has 2 heteroatoms. The summed E-state index contributed by atoms with van der Waals surface area (Å²) in [4.78, 5) is 0. The van der Waals surface area contributed by atoms with Crippen molar-refractivity contribution in [3.05, 3.63) is 24.0 Å². The molecule has 0 unspecified atom stereocenters. The van der Waals surface area contributed by atoms with Gasteiger partial charge in [0.2, 0.25) is 0 Å². The quantitative estimate of drug-likeness (QED) is 0.845. The summed E-state index contributed by atoms with van der Waals surface area (Å²) in [6.07, 6.45) is 11.1. The van der Waals surface area contributed by atoms with E-state index in [-0.39, 0.29) is 0 Å². The summed E-state index contributed by atoms with van der Waals surface area (Å²) in [5, 5.41) is 3.73. The summed E-state index contributed by atoms with van der Waals surface area (Å²) in [5.74, 6) is 0.923. The highest BCUT2D eigenvalue weighted by Crippen LogP contribution is 2.40. The molecule has 1 aliphatic carbocycles. The normalized spacial score (nSPS) is 24.6. The van der Waals surface area contributed by atoms with Gasteiger partial charge in [-0.3, -0.25) is 0 Å². The zero-order valence-corrected chi connectivity index (χ0v) is 13.1. The molecule has 1 aromatic heterocycles. The van der Waals surface area contributed by atoms with Gasteiger partial charge in [0.1, 0.15) is 0 Å². The van der Waals surface area contributed by atoms with Gasteiger partial charge in [-0.1, -0.05) is 27.2 Å². The van der Waals surface area contributed by atoms with Gasteiger partial charge in [-0.2, -0.15) is 0 Å². The van der Waals surface area contributed by atoms with Crippen molar-refractivity contribution >= 4 is 0 Å². The lowest BCUT2D eigenvalue weighted by Crippen LogP contribution is -2.36. The van der Waals surface area contributed by atoms with Crippen molar-refractivity contribution in [2.45, 2.75) is 65.5 Å². The maximum Gasteiger partial charge on any atom is 0.0223 e. The molecule has 0 aliphatic heterocycles. The van der Waals surface area contributed by atoms with Crippen LogP contribution < -0.4 is 5.32 Å². The first-order valence-electron chi connectivity index (χ1n) is 7.85. The van der Waals surface area contributed by atoms with Gasteiger partial charge in [0, 0.05) is 32.0 Å². The fraction of sp³-hybridized carbons (Fsp3) is 0.765. The Balaban J connectivity index is 1.74. The first kappa shape index (κ1) is 14.6. The first-order chi connectivity index (χ1) is 9.01. The molecule has 1 heterocycles. The van der Waals surface area contributed by atoms with Crippen molar-refractivity contribution in [2.24, 2.45) is 18.4 Å². The molecule has 108 valence electrons. The van der Waals surface area contributed by atoms with Gasteiger partial charge in [0.05, 0.1) is 0 Å². The largest absolute Gasteiger partial charge is 0.357 e. The van der Waals surface area contributed by atoms with Crippen LogP contribution in [-0.4, -0.2) is 10.6 Å². The lowest BCUT2D eigenvalue weighted by molar-refractivity contribution is 0.137. The van der Waals surface area contributed by atoms with E-state index >= 15 is 0 Å². The Morgan fingerprint density at radius 2 is 1.95 bits per heavy atom. The molecule has 0 spiro atoms. The fourth-order valence-corrected chi connectivity index (χ4v) is 3.30. The molecule has 0 atom stereocenters. The summed E-state index contributed by atoms with van der Waals surface area (Å²) in [5.41, 5.74) is 1.93. The van der Waals surface area contributed by atoms with Crippen LogP contribution in [0.2, 0.25) is 0 Å². The van der Waals surface area contributed by atoms with Gasteiger partial charge in [-0.25, -0.2) is 0 Å². The second kappa shape index (κ2) is 6.13. The smallest absolute Gasteiger partial charge is 0.0223 e. The molecular weight excluding hydrogens is 232 g/mol. The zero-order chi connectivity index (χ0) is 13.9. The molecule has 1 N–H and O–H groups in total. The summed E-state index contributed by atoms with van der Waals surface area (Å²) < 4.78 is 2.12. The topological polar surface area (TPSA) is 17.0 Å². The van der Waals surface area contributed by atoms with Gasteiger partial charge in [-0.15, -0.1) is 0 Å². The Labute approximate surface area is 118 Å². The number of aryl methyl sites for hydroxylation is 1. The van der Waals surface area contributed by atoms with E-state index in [1.807, 2.05) is 0 Å². The average Bonchev–Trinajstić information content (AvgIpc) is 2.83. The van der Waals surface area contributed by atoms with Crippen LogP contribution in [0.25, 0.3) is 0 Å². The molecule has 2 nitrogen and oxygen atoms in total.